The summed E-state index contributed by atoms with van der Waals surface area (Å²) in [5.41, 5.74) is 2.64. The third kappa shape index (κ3) is 4.72. The Morgan fingerprint density at radius 2 is 1.79 bits per heavy atom. The minimum absolute atomic E-state index is 0.0268. The number of rotatable bonds is 9. The normalized spacial score (nSPS) is 10.7. The molecule has 2 aromatic carbocycles. The fourth-order valence-corrected chi connectivity index (χ4v) is 3.37. The van der Waals surface area contributed by atoms with Crippen LogP contribution in [0, 0.1) is 0 Å². The van der Waals surface area contributed by atoms with Gasteiger partial charge in [0.1, 0.15) is 0 Å². The first kappa shape index (κ1) is 19.9. The molecule has 1 heterocycles. The average molecular weight is 398 g/mol. The molecule has 0 fully saturated rings. The molecule has 146 valence electrons. The van der Waals surface area contributed by atoms with Crippen molar-refractivity contribution in [2.75, 3.05) is 20.0 Å². The van der Waals surface area contributed by atoms with Gasteiger partial charge in [0, 0.05) is 11.1 Å². The van der Waals surface area contributed by atoms with Crippen LogP contribution in [-0.4, -0.2) is 36.0 Å². The van der Waals surface area contributed by atoms with Gasteiger partial charge in [-0.3, -0.25) is 4.79 Å². The van der Waals surface area contributed by atoms with Gasteiger partial charge >= 0.3 is 0 Å². The lowest BCUT2D eigenvalue weighted by atomic mass is 10.1. The van der Waals surface area contributed by atoms with Crippen LogP contribution in [0.15, 0.2) is 52.1 Å². The SMILES string of the molecule is CCCc1ccc(C(=O)CSc2nnc(-c3ccc(OC)c(OC)c3)o2)cc1. The number of aryl methyl sites for hydroxylation is 1. The topological polar surface area (TPSA) is 74.5 Å². The van der Waals surface area contributed by atoms with Crippen molar-refractivity contribution >= 4 is 17.5 Å². The number of nitrogens with zero attached hydrogens (tertiary/aromatic N) is 2. The average Bonchev–Trinajstić information content (AvgIpc) is 3.21. The molecule has 0 bridgehead atoms. The lowest BCUT2D eigenvalue weighted by Gasteiger charge is -2.07. The second-order valence-electron chi connectivity index (χ2n) is 6.10. The minimum Gasteiger partial charge on any atom is -0.493 e. The van der Waals surface area contributed by atoms with Gasteiger partial charge in [-0.15, -0.1) is 10.2 Å². The van der Waals surface area contributed by atoms with E-state index in [4.69, 9.17) is 13.9 Å². The van der Waals surface area contributed by atoms with Crippen molar-refractivity contribution in [3.63, 3.8) is 0 Å². The molecule has 0 N–H and O–H groups in total. The molecular weight excluding hydrogens is 376 g/mol. The Balaban J connectivity index is 1.64. The Hall–Kier alpha value is -2.80. The highest BCUT2D eigenvalue weighted by Gasteiger charge is 2.14. The summed E-state index contributed by atoms with van der Waals surface area (Å²) in [6.07, 6.45) is 2.10. The zero-order valence-corrected chi connectivity index (χ0v) is 16.9. The summed E-state index contributed by atoms with van der Waals surface area (Å²) in [5.74, 6) is 1.82. The Bertz CT molecular complexity index is 938. The van der Waals surface area contributed by atoms with Crippen LogP contribution in [-0.2, 0) is 6.42 Å². The highest BCUT2D eigenvalue weighted by atomic mass is 32.2. The van der Waals surface area contributed by atoms with Crippen LogP contribution in [0.4, 0.5) is 0 Å². The molecule has 6 nitrogen and oxygen atoms in total. The zero-order valence-electron chi connectivity index (χ0n) is 16.1. The van der Waals surface area contributed by atoms with Crippen molar-refractivity contribution in [3.8, 4) is 23.0 Å². The molecule has 0 aliphatic carbocycles. The smallest absolute Gasteiger partial charge is 0.277 e. The second-order valence-corrected chi connectivity index (χ2v) is 7.03. The quantitative estimate of drug-likeness (QED) is 0.383. The van der Waals surface area contributed by atoms with Gasteiger partial charge in [0.05, 0.1) is 20.0 Å². The van der Waals surface area contributed by atoms with Crippen molar-refractivity contribution < 1.29 is 18.7 Å². The first-order valence-electron chi connectivity index (χ1n) is 8.95. The van der Waals surface area contributed by atoms with E-state index in [0.717, 1.165) is 18.4 Å². The number of ether oxygens (including phenoxy) is 2. The fourth-order valence-electron chi connectivity index (χ4n) is 2.71. The van der Waals surface area contributed by atoms with E-state index in [1.807, 2.05) is 30.3 Å². The molecule has 0 saturated heterocycles. The summed E-state index contributed by atoms with van der Waals surface area (Å²) in [6, 6.07) is 13.1. The molecule has 1 aromatic heterocycles. The largest absolute Gasteiger partial charge is 0.493 e. The van der Waals surface area contributed by atoms with Gasteiger partial charge in [-0.2, -0.15) is 0 Å². The number of methoxy groups -OCH3 is 2. The number of Topliss-reactive ketones (excluding diaryl/α,β-unsaturated/α-hetero) is 1. The Kier molecular flexibility index (Phi) is 6.71. The third-order valence-corrected chi connectivity index (χ3v) is 5.00. The molecule has 28 heavy (non-hydrogen) atoms. The monoisotopic (exact) mass is 398 g/mol. The van der Waals surface area contributed by atoms with E-state index in [1.165, 1.54) is 17.3 Å². The number of carbonyl (C=O) groups is 1. The Labute approximate surface area is 168 Å². The first-order chi connectivity index (χ1) is 13.6. The summed E-state index contributed by atoms with van der Waals surface area (Å²) < 4.78 is 16.2. The lowest BCUT2D eigenvalue weighted by molar-refractivity contribution is 0.102. The molecule has 0 unspecified atom stereocenters. The van der Waals surface area contributed by atoms with Crippen molar-refractivity contribution in [2.24, 2.45) is 0 Å². The maximum absolute atomic E-state index is 12.4. The summed E-state index contributed by atoms with van der Waals surface area (Å²) in [7, 11) is 3.14. The van der Waals surface area contributed by atoms with Crippen LogP contribution >= 0.6 is 11.8 Å². The van der Waals surface area contributed by atoms with Crippen molar-refractivity contribution in [1.82, 2.24) is 10.2 Å². The number of carbonyl (C=O) groups excluding carboxylic acids is 1. The van der Waals surface area contributed by atoms with Crippen LogP contribution < -0.4 is 9.47 Å². The van der Waals surface area contributed by atoms with Gasteiger partial charge in [-0.1, -0.05) is 49.4 Å². The van der Waals surface area contributed by atoms with Gasteiger partial charge in [-0.05, 0) is 30.2 Å². The molecule has 3 aromatic rings. The van der Waals surface area contributed by atoms with Crippen molar-refractivity contribution in [1.29, 1.82) is 0 Å². The van der Waals surface area contributed by atoms with Crippen LogP contribution in [0.25, 0.3) is 11.5 Å². The molecule has 0 spiro atoms. The van der Waals surface area contributed by atoms with Gasteiger partial charge in [-0.25, -0.2) is 0 Å². The van der Waals surface area contributed by atoms with Gasteiger partial charge < -0.3 is 13.9 Å². The number of thioether (sulfide) groups is 1. The van der Waals surface area contributed by atoms with Crippen LogP contribution in [0.5, 0.6) is 11.5 Å². The van der Waals surface area contributed by atoms with E-state index in [9.17, 15) is 4.79 Å². The standard InChI is InChI=1S/C21H22N2O4S/c1-4-5-14-6-8-15(9-7-14)17(24)13-28-21-23-22-20(27-21)16-10-11-18(25-2)19(12-16)26-3/h6-12H,4-5,13H2,1-3H3. The zero-order chi connectivity index (χ0) is 19.9. The molecule has 7 heteroatoms. The van der Waals surface area contributed by atoms with Gasteiger partial charge in [0.15, 0.2) is 17.3 Å². The number of benzene rings is 2. The van der Waals surface area contributed by atoms with Crippen LogP contribution in [0.3, 0.4) is 0 Å². The predicted octanol–water partition coefficient (Wildman–Crippen LogP) is 4.68. The molecule has 0 aliphatic rings. The van der Waals surface area contributed by atoms with Crippen molar-refractivity contribution in [2.45, 2.75) is 25.0 Å². The minimum atomic E-state index is 0.0268. The van der Waals surface area contributed by atoms with E-state index in [2.05, 4.69) is 17.1 Å². The summed E-state index contributed by atoms with van der Waals surface area (Å²) >= 11 is 1.23. The van der Waals surface area contributed by atoms with E-state index >= 15 is 0 Å². The third-order valence-electron chi connectivity index (χ3n) is 4.18. The lowest BCUT2D eigenvalue weighted by Crippen LogP contribution is -2.02. The van der Waals surface area contributed by atoms with Crippen LogP contribution in [0.1, 0.15) is 29.3 Å². The van der Waals surface area contributed by atoms with E-state index < -0.39 is 0 Å². The highest BCUT2D eigenvalue weighted by molar-refractivity contribution is 7.99. The van der Waals surface area contributed by atoms with Crippen LogP contribution in [0.2, 0.25) is 0 Å². The Morgan fingerprint density at radius 3 is 2.46 bits per heavy atom. The number of hydrogen-bond donors (Lipinski definition) is 0. The second kappa shape index (κ2) is 9.41. The summed E-state index contributed by atoms with van der Waals surface area (Å²) in [4.78, 5) is 12.4. The number of aromatic nitrogens is 2. The van der Waals surface area contributed by atoms with E-state index in [0.29, 0.717) is 28.2 Å². The molecular formula is C21H22N2O4S. The van der Waals surface area contributed by atoms with Gasteiger partial charge in [0.2, 0.25) is 5.89 Å². The molecule has 0 amide bonds. The molecule has 0 aliphatic heterocycles. The first-order valence-corrected chi connectivity index (χ1v) is 9.94. The molecule has 0 saturated carbocycles. The maximum Gasteiger partial charge on any atom is 0.277 e. The van der Waals surface area contributed by atoms with Gasteiger partial charge in [0.25, 0.3) is 5.22 Å². The van der Waals surface area contributed by atoms with E-state index in [-0.39, 0.29) is 11.5 Å². The number of ketones is 1. The number of hydrogen-bond acceptors (Lipinski definition) is 7. The Morgan fingerprint density at radius 1 is 1.04 bits per heavy atom. The summed E-state index contributed by atoms with van der Waals surface area (Å²) in [5, 5.41) is 8.42. The molecule has 0 atom stereocenters. The fraction of sp³-hybridized carbons (Fsp3) is 0.286. The summed E-state index contributed by atoms with van der Waals surface area (Å²) in [6.45, 7) is 2.14. The van der Waals surface area contributed by atoms with E-state index in [1.54, 1.807) is 26.4 Å². The highest BCUT2D eigenvalue weighted by Crippen LogP contribution is 2.32. The molecule has 0 radical (unpaired) electrons. The molecule has 3 rings (SSSR count). The maximum atomic E-state index is 12.4. The predicted molar refractivity (Wildman–Crippen MR) is 108 cm³/mol. The van der Waals surface area contributed by atoms with Crippen molar-refractivity contribution in [3.05, 3.63) is 53.6 Å².